The Bertz CT molecular complexity index is 1450. The van der Waals surface area contributed by atoms with Gasteiger partial charge in [0.1, 0.15) is 11.6 Å². The standard InChI is InChI=1S/C42H50F2N2O/c1-3-29-5-9-31(10-6-29)37-17-19-41(45-27-37)35-15-13-33(39(43)25-35)21-23-47-24-22-34-14-16-36(26-40(34)44)42-20-18-38(28-46-42)32-11-7-30(4-2)8-12-32/h13-20,25-32H,3-12,21-24H2,1-2H3. The predicted molar refractivity (Wildman–Crippen MR) is 187 cm³/mol. The summed E-state index contributed by atoms with van der Waals surface area (Å²) in [6.45, 7) is 5.33. The van der Waals surface area contributed by atoms with Crippen molar-refractivity contribution < 1.29 is 13.5 Å². The highest BCUT2D eigenvalue weighted by Gasteiger charge is 2.23. The van der Waals surface area contributed by atoms with Crippen LogP contribution in [0, 0.1) is 23.5 Å². The van der Waals surface area contributed by atoms with E-state index < -0.39 is 0 Å². The van der Waals surface area contributed by atoms with Gasteiger partial charge in [-0.05, 0) is 134 Å². The zero-order chi connectivity index (χ0) is 32.6. The molecule has 6 rings (SSSR count). The molecule has 4 aromatic rings. The molecule has 2 aromatic carbocycles. The van der Waals surface area contributed by atoms with Crippen LogP contribution >= 0.6 is 0 Å². The highest BCUT2D eigenvalue weighted by molar-refractivity contribution is 5.60. The highest BCUT2D eigenvalue weighted by atomic mass is 19.1. The molecule has 0 saturated heterocycles. The van der Waals surface area contributed by atoms with E-state index in [2.05, 4.69) is 35.9 Å². The number of nitrogens with zero attached hydrogens (tertiary/aromatic N) is 2. The zero-order valence-corrected chi connectivity index (χ0v) is 28.2. The van der Waals surface area contributed by atoms with Gasteiger partial charge in [0.15, 0.2) is 0 Å². The number of pyridine rings is 2. The van der Waals surface area contributed by atoms with Gasteiger partial charge in [0.05, 0.1) is 24.6 Å². The minimum absolute atomic E-state index is 0.248. The summed E-state index contributed by atoms with van der Waals surface area (Å²) in [5, 5.41) is 0. The van der Waals surface area contributed by atoms with Crippen molar-refractivity contribution in [3.63, 3.8) is 0 Å². The third-order valence-corrected chi connectivity index (χ3v) is 11.1. The maximum absolute atomic E-state index is 15.0. The van der Waals surface area contributed by atoms with Crippen LogP contribution < -0.4 is 0 Å². The van der Waals surface area contributed by atoms with E-state index in [1.807, 2.05) is 48.8 Å². The highest BCUT2D eigenvalue weighted by Crippen LogP contribution is 2.38. The van der Waals surface area contributed by atoms with Crippen molar-refractivity contribution in [1.82, 2.24) is 9.97 Å². The van der Waals surface area contributed by atoms with Crippen LogP contribution in [0.5, 0.6) is 0 Å². The molecule has 0 amide bonds. The lowest BCUT2D eigenvalue weighted by Gasteiger charge is -2.27. The molecule has 248 valence electrons. The lowest BCUT2D eigenvalue weighted by molar-refractivity contribution is 0.139. The molecule has 2 heterocycles. The van der Waals surface area contributed by atoms with E-state index in [0.29, 0.717) is 49.0 Å². The van der Waals surface area contributed by atoms with E-state index in [1.54, 1.807) is 12.1 Å². The first-order valence-electron chi connectivity index (χ1n) is 18.1. The molecular weight excluding hydrogens is 586 g/mol. The number of benzene rings is 2. The minimum atomic E-state index is -0.248. The fourth-order valence-electron chi connectivity index (χ4n) is 7.73. The van der Waals surface area contributed by atoms with Gasteiger partial charge in [-0.3, -0.25) is 9.97 Å². The van der Waals surface area contributed by atoms with Crippen molar-refractivity contribution in [2.45, 2.75) is 103 Å². The van der Waals surface area contributed by atoms with Gasteiger partial charge < -0.3 is 4.74 Å². The molecule has 2 aliphatic carbocycles. The van der Waals surface area contributed by atoms with Crippen molar-refractivity contribution >= 4 is 0 Å². The molecule has 47 heavy (non-hydrogen) atoms. The SMILES string of the molecule is CCC1CCC(c2ccc(-c3ccc(CCOCCc4ccc(-c5ccc(C6CCC(CC)CC6)cn5)cc4F)c(F)c3)nc2)CC1. The Morgan fingerprint density at radius 1 is 0.574 bits per heavy atom. The summed E-state index contributed by atoms with van der Waals surface area (Å²) >= 11 is 0. The van der Waals surface area contributed by atoms with E-state index in [9.17, 15) is 8.78 Å². The number of ether oxygens (including phenoxy) is 1. The molecule has 0 aliphatic heterocycles. The van der Waals surface area contributed by atoms with E-state index >= 15 is 0 Å². The lowest BCUT2D eigenvalue weighted by atomic mass is 9.78. The third kappa shape index (κ3) is 8.54. The van der Waals surface area contributed by atoms with Gasteiger partial charge in [0.2, 0.25) is 0 Å². The van der Waals surface area contributed by atoms with Gasteiger partial charge in [0, 0.05) is 23.5 Å². The summed E-state index contributed by atoms with van der Waals surface area (Å²) < 4.78 is 35.8. The maximum Gasteiger partial charge on any atom is 0.127 e. The Hall–Kier alpha value is -3.44. The summed E-state index contributed by atoms with van der Waals surface area (Å²) in [6, 6.07) is 19.0. The number of aromatic nitrogens is 2. The van der Waals surface area contributed by atoms with Crippen LogP contribution in [0.4, 0.5) is 8.78 Å². The smallest absolute Gasteiger partial charge is 0.127 e. The summed E-state index contributed by atoms with van der Waals surface area (Å²) in [5.41, 5.74) is 6.98. The summed E-state index contributed by atoms with van der Waals surface area (Å²) in [7, 11) is 0. The average Bonchev–Trinajstić information content (AvgIpc) is 3.13. The van der Waals surface area contributed by atoms with Crippen LogP contribution in [0.15, 0.2) is 73.1 Å². The Kier molecular flexibility index (Phi) is 11.5. The first-order valence-corrected chi connectivity index (χ1v) is 18.1. The number of hydrogen-bond acceptors (Lipinski definition) is 3. The summed E-state index contributed by atoms with van der Waals surface area (Å²) in [5.74, 6) is 2.43. The molecule has 2 fully saturated rings. The van der Waals surface area contributed by atoms with Gasteiger partial charge in [-0.2, -0.15) is 0 Å². The van der Waals surface area contributed by atoms with E-state index in [-0.39, 0.29) is 11.6 Å². The third-order valence-electron chi connectivity index (χ3n) is 11.1. The molecule has 2 aromatic heterocycles. The van der Waals surface area contributed by atoms with Crippen LogP contribution in [-0.4, -0.2) is 23.2 Å². The normalized spacial score (nSPS) is 21.5. The molecule has 2 aliphatic rings. The van der Waals surface area contributed by atoms with Crippen molar-refractivity contribution in [1.29, 1.82) is 0 Å². The van der Waals surface area contributed by atoms with Gasteiger partial charge in [-0.25, -0.2) is 8.78 Å². The summed E-state index contributed by atoms with van der Waals surface area (Å²) in [4.78, 5) is 9.36. The van der Waals surface area contributed by atoms with E-state index in [4.69, 9.17) is 4.74 Å². The molecule has 2 saturated carbocycles. The molecule has 0 radical (unpaired) electrons. The first-order chi connectivity index (χ1) is 23.0. The topological polar surface area (TPSA) is 35.0 Å². The van der Waals surface area contributed by atoms with Crippen LogP contribution in [0.3, 0.4) is 0 Å². The first kappa shape index (κ1) is 33.5. The molecule has 0 N–H and O–H groups in total. The van der Waals surface area contributed by atoms with Gasteiger partial charge in [0.25, 0.3) is 0 Å². The molecular formula is C42H50F2N2O. The Balaban J connectivity index is 0.947. The molecule has 0 spiro atoms. The van der Waals surface area contributed by atoms with Gasteiger partial charge in [-0.1, -0.05) is 63.1 Å². The fraction of sp³-hybridized carbons (Fsp3) is 0.476. The van der Waals surface area contributed by atoms with Crippen molar-refractivity contribution in [2.24, 2.45) is 11.8 Å². The number of halogens is 2. The Morgan fingerprint density at radius 2 is 1.00 bits per heavy atom. The second kappa shape index (κ2) is 16.1. The minimum Gasteiger partial charge on any atom is -0.381 e. The summed E-state index contributed by atoms with van der Waals surface area (Å²) in [6.07, 6.45) is 17.6. The second-order valence-electron chi connectivity index (χ2n) is 13.9. The quantitative estimate of drug-likeness (QED) is 0.145. The van der Waals surface area contributed by atoms with Crippen molar-refractivity contribution in [3.05, 3.63) is 107 Å². The Labute approximate surface area is 280 Å². The van der Waals surface area contributed by atoms with Crippen LogP contribution in [0.1, 0.15) is 112 Å². The number of hydrogen-bond donors (Lipinski definition) is 0. The zero-order valence-electron chi connectivity index (χ0n) is 28.2. The molecule has 3 nitrogen and oxygen atoms in total. The average molecular weight is 637 g/mol. The molecule has 0 bridgehead atoms. The predicted octanol–water partition coefficient (Wildman–Crippen LogP) is 11.3. The molecule has 5 heteroatoms. The monoisotopic (exact) mass is 636 g/mol. The second-order valence-corrected chi connectivity index (χ2v) is 13.9. The fourth-order valence-corrected chi connectivity index (χ4v) is 7.73. The molecule has 0 atom stereocenters. The lowest BCUT2D eigenvalue weighted by Crippen LogP contribution is -2.12. The van der Waals surface area contributed by atoms with Crippen molar-refractivity contribution in [3.8, 4) is 22.5 Å². The van der Waals surface area contributed by atoms with Crippen molar-refractivity contribution in [2.75, 3.05) is 13.2 Å². The van der Waals surface area contributed by atoms with Crippen LogP contribution in [0.25, 0.3) is 22.5 Å². The molecule has 0 unspecified atom stereocenters. The van der Waals surface area contributed by atoms with E-state index in [0.717, 1.165) is 34.4 Å². The largest absolute Gasteiger partial charge is 0.381 e. The van der Waals surface area contributed by atoms with Crippen LogP contribution in [0.2, 0.25) is 0 Å². The van der Waals surface area contributed by atoms with E-state index in [1.165, 1.54) is 75.3 Å². The van der Waals surface area contributed by atoms with Gasteiger partial charge >= 0.3 is 0 Å². The van der Waals surface area contributed by atoms with Crippen LogP contribution in [-0.2, 0) is 17.6 Å². The maximum atomic E-state index is 15.0. The Morgan fingerprint density at radius 3 is 1.34 bits per heavy atom. The number of rotatable bonds is 12. The van der Waals surface area contributed by atoms with Gasteiger partial charge in [-0.15, -0.1) is 0 Å².